The number of imidazole rings is 1. The van der Waals surface area contributed by atoms with Gasteiger partial charge in [0.2, 0.25) is 0 Å². The number of nitrogens with one attached hydrogen (secondary N) is 1. The standard InChI is InChI=1S/C18H21N3O2S.Na/c1-13-16(19-9-8-17(13)23-11-5-10-22-2)12-24-18-20-14-6-3-4-7-15(14)21-18;/h3-4,6-9H,5,10-12H2,1-2H3,(H,20,21);/q;+1. The molecule has 7 heteroatoms. The molecule has 1 N–H and O–H groups in total. The number of fused-ring (bicyclic) bond motifs is 1. The summed E-state index contributed by atoms with van der Waals surface area (Å²) >= 11 is 1.65. The molecule has 0 amide bonds. The van der Waals surface area contributed by atoms with Gasteiger partial charge in [0.1, 0.15) is 5.75 Å². The number of nitrogens with zero attached hydrogens (tertiary/aromatic N) is 2. The summed E-state index contributed by atoms with van der Waals surface area (Å²) in [4.78, 5) is 12.4. The second-order valence-electron chi connectivity index (χ2n) is 5.42. The van der Waals surface area contributed by atoms with E-state index in [0.29, 0.717) is 13.2 Å². The van der Waals surface area contributed by atoms with Gasteiger partial charge in [0.05, 0.1) is 23.3 Å². The topological polar surface area (TPSA) is 60.0 Å². The van der Waals surface area contributed by atoms with Gasteiger partial charge in [-0.1, -0.05) is 23.9 Å². The summed E-state index contributed by atoms with van der Waals surface area (Å²) in [6, 6.07) is 9.95. The summed E-state index contributed by atoms with van der Waals surface area (Å²) in [6.07, 6.45) is 2.68. The molecule has 5 nitrogen and oxygen atoms in total. The molecule has 0 aliphatic rings. The Morgan fingerprint density at radius 2 is 2.00 bits per heavy atom. The fourth-order valence-electron chi connectivity index (χ4n) is 2.38. The zero-order valence-corrected chi connectivity index (χ0v) is 17.7. The van der Waals surface area contributed by atoms with Crippen molar-refractivity contribution in [1.82, 2.24) is 15.0 Å². The van der Waals surface area contributed by atoms with Gasteiger partial charge >= 0.3 is 29.6 Å². The number of aromatic nitrogens is 3. The maximum Gasteiger partial charge on any atom is 1.00 e. The largest absolute Gasteiger partial charge is 1.00 e. The minimum absolute atomic E-state index is 0. The second kappa shape index (κ2) is 10.2. The summed E-state index contributed by atoms with van der Waals surface area (Å²) < 4.78 is 10.9. The number of methoxy groups -OCH3 is 1. The summed E-state index contributed by atoms with van der Waals surface area (Å²) in [5.74, 6) is 1.64. The summed E-state index contributed by atoms with van der Waals surface area (Å²) in [5.41, 5.74) is 4.14. The molecule has 25 heavy (non-hydrogen) atoms. The van der Waals surface area contributed by atoms with Gasteiger partial charge < -0.3 is 14.5 Å². The first-order chi connectivity index (χ1) is 11.8. The molecule has 0 saturated carbocycles. The van der Waals surface area contributed by atoms with E-state index in [2.05, 4.69) is 15.0 Å². The van der Waals surface area contributed by atoms with E-state index in [1.165, 1.54) is 0 Å². The molecule has 3 aromatic rings. The van der Waals surface area contributed by atoms with Crippen LogP contribution in [0.5, 0.6) is 5.75 Å². The molecular formula is C18H21N3NaO2S+. The van der Waals surface area contributed by atoms with Crippen LogP contribution >= 0.6 is 11.8 Å². The van der Waals surface area contributed by atoms with Crippen LogP contribution < -0.4 is 34.3 Å². The number of ether oxygens (including phenoxy) is 2. The van der Waals surface area contributed by atoms with Crippen LogP contribution in [0, 0.1) is 6.92 Å². The Kier molecular flexibility index (Phi) is 8.26. The number of para-hydroxylation sites is 2. The van der Waals surface area contributed by atoms with E-state index in [1.54, 1.807) is 25.1 Å². The molecule has 2 heterocycles. The van der Waals surface area contributed by atoms with E-state index in [1.807, 2.05) is 37.3 Å². The van der Waals surface area contributed by atoms with E-state index in [-0.39, 0.29) is 29.6 Å². The van der Waals surface area contributed by atoms with E-state index in [4.69, 9.17) is 9.47 Å². The third-order valence-electron chi connectivity index (χ3n) is 3.72. The maximum absolute atomic E-state index is 5.83. The normalized spacial score (nSPS) is 10.6. The molecule has 126 valence electrons. The average Bonchev–Trinajstić information content (AvgIpc) is 3.02. The Morgan fingerprint density at radius 3 is 2.80 bits per heavy atom. The Hall–Kier alpha value is -1.05. The molecular weight excluding hydrogens is 345 g/mol. The molecule has 1 aromatic carbocycles. The molecule has 0 unspecified atom stereocenters. The van der Waals surface area contributed by atoms with E-state index < -0.39 is 0 Å². The van der Waals surface area contributed by atoms with Crippen molar-refractivity contribution in [3.8, 4) is 5.75 Å². The average molecular weight is 366 g/mol. The van der Waals surface area contributed by atoms with Gasteiger partial charge in [0.15, 0.2) is 5.16 Å². The van der Waals surface area contributed by atoms with Gasteiger partial charge in [-0.05, 0) is 25.1 Å². The molecule has 0 bridgehead atoms. The van der Waals surface area contributed by atoms with Crippen molar-refractivity contribution in [2.24, 2.45) is 0 Å². The quantitative estimate of drug-likeness (QED) is 0.366. The number of rotatable bonds is 8. The maximum atomic E-state index is 5.83. The zero-order valence-electron chi connectivity index (χ0n) is 14.9. The number of hydrogen-bond donors (Lipinski definition) is 1. The smallest absolute Gasteiger partial charge is 0.493 e. The minimum atomic E-state index is 0. The third kappa shape index (κ3) is 5.46. The minimum Gasteiger partial charge on any atom is -0.493 e. The molecule has 0 fully saturated rings. The zero-order chi connectivity index (χ0) is 16.8. The number of hydrogen-bond acceptors (Lipinski definition) is 5. The first-order valence-electron chi connectivity index (χ1n) is 7.91. The molecule has 0 radical (unpaired) electrons. The van der Waals surface area contributed by atoms with Crippen molar-refractivity contribution < 1.29 is 39.0 Å². The fraction of sp³-hybridized carbons (Fsp3) is 0.333. The predicted molar refractivity (Wildman–Crippen MR) is 96.6 cm³/mol. The number of thioether (sulfide) groups is 1. The molecule has 2 aromatic heterocycles. The summed E-state index contributed by atoms with van der Waals surface area (Å²) in [5, 5.41) is 0.906. The Bertz CT molecular complexity index is 777. The van der Waals surface area contributed by atoms with Crippen LogP contribution in [0.15, 0.2) is 41.7 Å². The summed E-state index contributed by atoms with van der Waals surface area (Å²) in [7, 11) is 1.70. The van der Waals surface area contributed by atoms with Crippen LogP contribution in [-0.4, -0.2) is 35.3 Å². The van der Waals surface area contributed by atoms with Crippen molar-refractivity contribution in [3.05, 3.63) is 47.8 Å². The van der Waals surface area contributed by atoms with Gasteiger partial charge in [0, 0.05) is 37.7 Å². The molecule has 0 spiro atoms. The van der Waals surface area contributed by atoms with E-state index in [0.717, 1.165) is 45.4 Å². The second-order valence-corrected chi connectivity index (χ2v) is 6.39. The van der Waals surface area contributed by atoms with E-state index >= 15 is 0 Å². The Morgan fingerprint density at radius 1 is 1.16 bits per heavy atom. The van der Waals surface area contributed by atoms with Crippen molar-refractivity contribution in [3.63, 3.8) is 0 Å². The molecule has 3 rings (SSSR count). The number of benzene rings is 1. The van der Waals surface area contributed by atoms with Crippen LogP contribution in [0.1, 0.15) is 17.7 Å². The van der Waals surface area contributed by atoms with Gasteiger partial charge in [-0.3, -0.25) is 4.98 Å². The van der Waals surface area contributed by atoms with Crippen molar-refractivity contribution in [1.29, 1.82) is 0 Å². The monoisotopic (exact) mass is 366 g/mol. The SMILES string of the molecule is COCCCOc1ccnc(CSc2nc3ccccc3[nH]2)c1C.[Na+]. The van der Waals surface area contributed by atoms with Crippen LogP contribution in [0.25, 0.3) is 11.0 Å². The summed E-state index contributed by atoms with van der Waals surface area (Å²) in [6.45, 7) is 3.40. The molecule has 0 atom stereocenters. The van der Waals surface area contributed by atoms with Crippen molar-refractivity contribution in [2.75, 3.05) is 20.3 Å². The van der Waals surface area contributed by atoms with Crippen molar-refractivity contribution >= 4 is 22.8 Å². The predicted octanol–water partition coefficient (Wildman–Crippen LogP) is 0.978. The number of H-pyrrole nitrogens is 1. The van der Waals surface area contributed by atoms with Crippen LogP contribution in [0.4, 0.5) is 0 Å². The molecule has 0 saturated heterocycles. The van der Waals surface area contributed by atoms with Gasteiger partial charge in [-0.15, -0.1) is 0 Å². The number of aromatic amines is 1. The first kappa shape index (κ1) is 20.3. The molecule has 0 aliphatic heterocycles. The first-order valence-corrected chi connectivity index (χ1v) is 8.90. The number of pyridine rings is 1. The van der Waals surface area contributed by atoms with Crippen LogP contribution in [0.3, 0.4) is 0 Å². The van der Waals surface area contributed by atoms with Gasteiger partial charge in [-0.2, -0.15) is 0 Å². The van der Waals surface area contributed by atoms with Gasteiger partial charge in [0.25, 0.3) is 0 Å². The van der Waals surface area contributed by atoms with Crippen LogP contribution in [-0.2, 0) is 10.5 Å². The van der Waals surface area contributed by atoms with E-state index in [9.17, 15) is 0 Å². The van der Waals surface area contributed by atoms with Crippen LogP contribution in [0.2, 0.25) is 0 Å². The van der Waals surface area contributed by atoms with Gasteiger partial charge in [-0.25, -0.2) is 4.98 Å². The van der Waals surface area contributed by atoms with Crippen molar-refractivity contribution in [2.45, 2.75) is 24.3 Å². The Balaban J connectivity index is 0.00000225. The third-order valence-corrected chi connectivity index (χ3v) is 4.61. The Labute approximate surface area is 174 Å². The molecule has 0 aliphatic carbocycles. The fourth-order valence-corrected chi connectivity index (χ4v) is 3.29.